The van der Waals surface area contributed by atoms with Crippen LogP contribution in [0, 0.1) is 0 Å². The van der Waals surface area contributed by atoms with Gasteiger partial charge in [0.05, 0.1) is 5.60 Å². The Bertz CT molecular complexity index is 257. The van der Waals surface area contributed by atoms with Gasteiger partial charge in [0, 0.05) is 18.7 Å². The van der Waals surface area contributed by atoms with E-state index in [0.717, 1.165) is 25.5 Å². The zero-order valence-electron chi connectivity index (χ0n) is 13.1. The van der Waals surface area contributed by atoms with Crippen molar-refractivity contribution in [3.8, 4) is 0 Å². The zero-order chi connectivity index (χ0) is 13.7. The van der Waals surface area contributed by atoms with Crippen molar-refractivity contribution in [2.75, 3.05) is 26.2 Å². The van der Waals surface area contributed by atoms with E-state index in [1.54, 1.807) is 0 Å². The number of likely N-dealkylation sites (tertiary alicyclic amines) is 1. The van der Waals surface area contributed by atoms with E-state index in [1.807, 2.05) is 0 Å². The maximum atomic E-state index is 6.07. The van der Waals surface area contributed by atoms with E-state index in [9.17, 15) is 0 Å². The average molecular weight is 268 g/mol. The van der Waals surface area contributed by atoms with E-state index in [2.05, 4.69) is 31.0 Å². The largest absolute Gasteiger partial charge is 0.375 e. The van der Waals surface area contributed by atoms with Crippen LogP contribution in [0.3, 0.4) is 0 Å². The van der Waals surface area contributed by atoms with Crippen LogP contribution in [0.1, 0.15) is 59.3 Å². The normalized spacial score (nSPS) is 29.5. The molecule has 0 aromatic heterocycles. The molecule has 2 fully saturated rings. The summed E-state index contributed by atoms with van der Waals surface area (Å²) >= 11 is 0. The van der Waals surface area contributed by atoms with Crippen LogP contribution in [0.2, 0.25) is 0 Å². The number of piperidine rings is 1. The zero-order valence-corrected chi connectivity index (χ0v) is 13.1. The van der Waals surface area contributed by atoms with Gasteiger partial charge in [-0.2, -0.15) is 0 Å². The van der Waals surface area contributed by atoms with Crippen LogP contribution >= 0.6 is 0 Å². The summed E-state index contributed by atoms with van der Waals surface area (Å²) in [4.78, 5) is 2.56. The monoisotopic (exact) mass is 268 g/mol. The van der Waals surface area contributed by atoms with Gasteiger partial charge in [-0.15, -0.1) is 0 Å². The molecule has 1 unspecified atom stereocenters. The van der Waals surface area contributed by atoms with Gasteiger partial charge in [0.2, 0.25) is 0 Å². The first kappa shape index (κ1) is 15.3. The fraction of sp³-hybridized carbons (Fsp3) is 1.00. The van der Waals surface area contributed by atoms with Crippen molar-refractivity contribution in [1.29, 1.82) is 0 Å². The maximum absolute atomic E-state index is 6.07. The molecular weight excluding hydrogens is 236 g/mol. The Kier molecular flexibility index (Phi) is 5.67. The van der Waals surface area contributed by atoms with Gasteiger partial charge in [0.1, 0.15) is 0 Å². The SMILES string of the molecule is CCN1CCC(NC2CCOC(CC)(CC)C2)CC1. The van der Waals surface area contributed by atoms with Crippen LogP contribution in [0.15, 0.2) is 0 Å². The van der Waals surface area contributed by atoms with Crippen molar-refractivity contribution < 1.29 is 4.74 Å². The summed E-state index contributed by atoms with van der Waals surface area (Å²) in [5.41, 5.74) is 0.153. The number of hydrogen-bond acceptors (Lipinski definition) is 3. The van der Waals surface area contributed by atoms with Crippen LogP contribution in [-0.2, 0) is 4.74 Å². The van der Waals surface area contributed by atoms with Crippen LogP contribution in [-0.4, -0.2) is 48.8 Å². The van der Waals surface area contributed by atoms with Crippen LogP contribution < -0.4 is 5.32 Å². The minimum Gasteiger partial charge on any atom is -0.375 e. The van der Waals surface area contributed by atoms with E-state index in [1.165, 1.54) is 45.3 Å². The fourth-order valence-electron chi connectivity index (χ4n) is 3.66. The molecule has 3 nitrogen and oxygen atoms in total. The van der Waals surface area contributed by atoms with Gasteiger partial charge in [-0.3, -0.25) is 0 Å². The molecule has 0 aromatic rings. The van der Waals surface area contributed by atoms with E-state index < -0.39 is 0 Å². The molecule has 0 aliphatic carbocycles. The lowest BCUT2D eigenvalue weighted by molar-refractivity contribution is -0.0946. The second-order valence-electron chi connectivity index (χ2n) is 6.30. The summed E-state index contributed by atoms with van der Waals surface area (Å²) in [6, 6.07) is 1.41. The third-order valence-electron chi connectivity index (χ3n) is 5.29. The molecule has 2 aliphatic rings. The van der Waals surface area contributed by atoms with Crippen molar-refractivity contribution in [2.45, 2.75) is 77.0 Å². The molecule has 2 rings (SSSR count). The molecule has 0 bridgehead atoms. The van der Waals surface area contributed by atoms with Crippen molar-refractivity contribution in [3.05, 3.63) is 0 Å². The van der Waals surface area contributed by atoms with Gasteiger partial charge in [-0.05, 0) is 58.2 Å². The third kappa shape index (κ3) is 3.93. The molecule has 0 amide bonds. The summed E-state index contributed by atoms with van der Waals surface area (Å²) in [5, 5.41) is 3.92. The van der Waals surface area contributed by atoms with E-state index >= 15 is 0 Å². The fourth-order valence-corrected chi connectivity index (χ4v) is 3.66. The minimum absolute atomic E-state index is 0.153. The molecule has 19 heavy (non-hydrogen) atoms. The lowest BCUT2D eigenvalue weighted by atomic mass is 9.85. The van der Waals surface area contributed by atoms with Gasteiger partial charge in [0.15, 0.2) is 0 Å². The summed E-state index contributed by atoms with van der Waals surface area (Å²) in [6.07, 6.45) is 7.32. The predicted molar refractivity (Wildman–Crippen MR) is 80.6 cm³/mol. The Morgan fingerprint density at radius 2 is 1.74 bits per heavy atom. The molecular formula is C16H32N2O. The molecule has 1 N–H and O–H groups in total. The lowest BCUT2D eigenvalue weighted by Crippen LogP contribution is -2.51. The molecule has 0 saturated carbocycles. The number of hydrogen-bond donors (Lipinski definition) is 1. The predicted octanol–water partition coefficient (Wildman–Crippen LogP) is 2.80. The molecule has 2 aliphatic heterocycles. The lowest BCUT2D eigenvalue weighted by Gasteiger charge is -2.42. The highest BCUT2D eigenvalue weighted by atomic mass is 16.5. The maximum Gasteiger partial charge on any atom is 0.0692 e. The van der Waals surface area contributed by atoms with Crippen molar-refractivity contribution in [2.24, 2.45) is 0 Å². The molecule has 0 radical (unpaired) electrons. The molecule has 0 spiro atoms. The molecule has 2 heterocycles. The summed E-state index contributed by atoms with van der Waals surface area (Å²) < 4.78 is 6.07. The molecule has 0 aromatic carbocycles. The van der Waals surface area contributed by atoms with Gasteiger partial charge >= 0.3 is 0 Å². The first-order valence-corrected chi connectivity index (χ1v) is 8.33. The number of nitrogens with zero attached hydrogens (tertiary/aromatic N) is 1. The van der Waals surface area contributed by atoms with Crippen molar-refractivity contribution >= 4 is 0 Å². The van der Waals surface area contributed by atoms with Gasteiger partial charge in [-0.1, -0.05) is 20.8 Å². The second kappa shape index (κ2) is 7.05. The molecule has 1 atom stereocenters. The highest BCUT2D eigenvalue weighted by Gasteiger charge is 2.35. The van der Waals surface area contributed by atoms with Gasteiger partial charge in [0.25, 0.3) is 0 Å². The van der Waals surface area contributed by atoms with E-state index in [0.29, 0.717) is 6.04 Å². The highest BCUT2D eigenvalue weighted by molar-refractivity contribution is 4.90. The molecule has 112 valence electrons. The van der Waals surface area contributed by atoms with Gasteiger partial charge < -0.3 is 15.0 Å². The average Bonchev–Trinajstić information content (AvgIpc) is 2.48. The third-order valence-corrected chi connectivity index (χ3v) is 5.29. The summed E-state index contributed by atoms with van der Waals surface area (Å²) in [7, 11) is 0. The quantitative estimate of drug-likeness (QED) is 0.830. The van der Waals surface area contributed by atoms with Gasteiger partial charge in [-0.25, -0.2) is 0 Å². The smallest absolute Gasteiger partial charge is 0.0692 e. The molecule has 3 heteroatoms. The summed E-state index contributed by atoms with van der Waals surface area (Å²) in [6.45, 7) is 11.5. The number of rotatable bonds is 5. The van der Waals surface area contributed by atoms with Crippen LogP contribution in [0.5, 0.6) is 0 Å². The Morgan fingerprint density at radius 1 is 1.05 bits per heavy atom. The van der Waals surface area contributed by atoms with Crippen LogP contribution in [0.4, 0.5) is 0 Å². The van der Waals surface area contributed by atoms with Crippen LogP contribution in [0.25, 0.3) is 0 Å². The summed E-state index contributed by atoms with van der Waals surface area (Å²) in [5.74, 6) is 0. The first-order valence-electron chi connectivity index (χ1n) is 8.33. The Balaban J connectivity index is 1.79. The first-order chi connectivity index (χ1) is 9.21. The standard InChI is InChI=1S/C16H32N2O/c1-4-16(5-2)13-15(9-12-19-16)17-14-7-10-18(6-3)11-8-14/h14-15,17H,4-13H2,1-3H3. The number of nitrogens with one attached hydrogen (secondary N) is 1. The minimum atomic E-state index is 0.153. The van der Waals surface area contributed by atoms with E-state index in [-0.39, 0.29) is 5.60 Å². The Morgan fingerprint density at radius 3 is 2.32 bits per heavy atom. The van der Waals surface area contributed by atoms with Crippen molar-refractivity contribution in [1.82, 2.24) is 10.2 Å². The van der Waals surface area contributed by atoms with E-state index in [4.69, 9.17) is 4.74 Å². The Hall–Kier alpha value is -0.120. The topological polar surface area (TPSA) is 24.5 Å². The second-order valence-corrected chi connectivity index (χ2v) is 6.30. The Labute approximate surface area is 119 Å². The number of ether oxygens (including phenoxy) is 1. The molecule has 2 saturated heterocycles. The van der Waals surface area contributed by atoms with Crippen molar-refractivity contribution in [3.63, 3.8) is 0 Å². The highest BCUT2D eigenvalue weighted by Crippen LogP contribution is 2.31.